The molecule has 1 aromatic heterocycles. The summed E-state index contributed by atoms with van der Waals surface area (Å²) in [5.41, 5.74) is 4.20. The third-order valence-electron chi connectivity index (χ3n) is 5.18. The largest absolute Gasteiger partial charge is 0.478 e. The summed E-state index contributed by atoms with van der Waals surface area (Å²) in [7, 11) is 3.87. The molecule has 1 N–H and O–H groups in total. The Hall–Kier alpha value is -3.84. The smallest absolute Gasteiger partial charge is 0.336 e. The Bertz CT molecular complexity index is 1330. The Morgan fingerprint density at radius 2 is 1.62 bits per heavy atom. The van der Waals surface area contributed by atoms with Crippen molar-refractivity contribution in [3.8, 4) is 0 Å². The summed E-state index contributed by atoms with van der Waals surface area (Å²) >= 11 is 1.07. The number of ketones is 1. The maximum absolute atomic E-state index is 13.5. The summed E-state index contributed by atoms with van der Waals surface area (Å²) in [5, 5.41) is 10.2. The van der Waals surface area contributed by atoms with E-state index >= 15 is 0 Å². The first kappa shape index (κ1) is 21.4. The lowest BCUT2D eigenvalue weighted by Crippen LogP contribution is -2.14. The van der Waals surface area contributed by atoms with Gasteiger partial charge in [-0.25, -0.2) is 4.79 Å². The van der Waals surface area contributed by atoms with Gasteiger partial charge in [-0.15, -0.1) is 0 Å². The molecular formula is C25H21N3O3S. The van der Waals surface area contributed by atoms with Gasteiger partial charge in [-0.3, -0.25) is 4.79 Å². The van der Waals surface area contributed by atoms with Crippen molar-refractivity contribution in [2.75, 3.05) is 19.0 Å². The highest BCUT2D eigenvalue weighted by atomic mass is 32.1. The number of carbonyl (C=O) groups excluding carboxylic acids is 1. The van der Waals surface area contributed by atoms with Crippen LogP contribution in [0.5, 0.6) is 0 Å². The van der Waals surface area contributed by atoms with Crippen molar-refractivity contribution >= 4 is 45.8 Å². The molecule has 4 aromatic rings. The number of fused-ring (bicyclic) bond motifs is 1. The van der Waals surface area contributed by atoms with E-state index in [0.717, 1.165) is 23.0 Å². The minimum absolute atomic E-state index is 0.0241. The molecule has 7 heteroatoms. The Balaban J connectivity index is 1.90. The zero-order chi connectivity index (χ0) is 22.7. The van der Waals surface area contributed by atoms with E-state index in [1.807, 2.05) is 49.3 Å². The molecule has 1 heterocycles. The number of hydrogen-bond donors (Lipinski definition) is 1. The Morgan fingerprint density at radius 1 is 0.875 bits per heavy atom. The first-order valence-corrected chi connectivity index (χ1v) is 10.7. The molecule has 0 radical (unpaired) electrons. The molecule has 0 amide bonds. The fourth-order valence-corrected chi connectivity index (χ4v) is 4.08. The van der Waals surface area contributed by atoms with Crippen molar-refractivity contribution in [2.45, 2.75) is 6.42 Å². The number of nitrogens with zero attached hydrogens (tertiary/aromatic N) is 3. The molecule has 0 aliphatic heterocycles. The molecule has 0 spiro atoms. The number of allylic oxidation sites excluding steroid dienone is 1. The van der Waals surface area contributed by atoms with Gasteiger partial charge in [-0.2, -0.15) is 8.75 Å². The van der Waals surface area contributed by atoms with Crippen LogP contribution in [0.1, 0.15) is 21.5 Å². The van der Waals surface area contributed by atoms with Crippen LogP contribution in [0, 0.1) is 0 Å². The zero-order valence-corrected chi connectivity index (χ0v) is 18.5. The maximum Gasteiger partial charge on any atom is 0.336 e. The van der Waals surface area contributed by atoms with Crippen molar-refractivity contribution in [1.82, 2.24) is 8.75 Å². The number of Topliss-reactive ketones (excluding diaryl/α,β-unsaturated/α-hetero) is 1. The Kier molecular flexibility index (Phi) is 6.09. The van der Waals surface area contributed by atoms with Gasteiger partial charge in [-0.1, -0.05) is 48.5 Å². The van der Waals surface area contributed by atoms with E-state index in [9.17, 15) is 14.7 Å². The second kappa shape index (κ2) is 9.11. The van der Waals surface area contributed by atoms with Gasteiger partial charge in [0.05, 0.1) is 17.3 Å². The number of benzene rings is 3. The van der Waals surface area contributed by atoms with Crippen LogP contribution in [-0.4, -0.2) is 39.7 Å². The quantitative estimate of drug-likeness (QED) is 0.329. The second-order valence-electron chi connectivity index (χ2n) is 7.56. The minimum atomic E-state index is -1.16. The summed E-state index contributed by atoms with van der Waals surface area (Å²) < 4.78 is 8.40. The molecule has 0 unspecified atom stereocenters. The molecule has 160 valence electrons. The Morgan fingerprint density at radius 3 is 2.34 bits per heavy atom. The predicted octanol–water partition coefficient (Wildman–Crippen LogP) is 4.72. The number of anilines is 1. The van der Waals surface area contributed by atoms with Gasteiger partial charge in [-0.05, 0) is 35.4 Å². The molecule has 0 aliphatic rings. The van der Waals surface area contributed by atoms with Gasteiger partial charge in [0.1, 0.15) is 11.0 Å². The lowest BCUT2D eigenvalue weighted by molar-refractivity contribution is -0.130. The van der Waals surface area contributed by atoms with Crippen LogP contribution in [0.15, 0.2) is 78.4 Å². The average molecular weight is 444 g/mol. The topological polar surface area (TPSA) is 83.4 Å². The molecule has 4 rings (SSSR count). The number of carboxylic acids is 1. The third-order valence-corrected chi connectivity index (χ3v) is 5.73. The lowest BCUT2D eigenvalue weighted by Gasteiger charge is -2.16. The van der Waals surface area contributed by atoms with Crippen molar-refractivity contribution in [2.24, 2.45) is 0 Å². The molecule has 0 saturated carbocycles. The minimum Gasteiger partial charge on any atom is -0.478 e. The first-order valence-electron chi connectivity index (χ1n) is 9.99. The first-order chi connectivity index (χ1) is 15.4. The highest BCUT2D eigenvalue weighted by Crippen LogP contribution is 2.28. The van der Waals surface area contributed by atoms with E-state index in [4.69, 9.17) is 0 Å². The van der Waals surface area contributed by atoms with Crippen molar-refractivity contribution in [3.63, 3.8) is 0 Å². The van der Waals surface area contributed by atoms with Gasteiger partial charge < -0.3 is 10.0 Å². The molecule has 0 fully saturated rings. The van der Waals surface area contributed by atoms with Gasteiger partial charge in [0, 0.05) is 37.3 Å². The van der Waals surface area contributed by atoms with Crippen molar-refractivity contribution in [3.05, 3.63) is 95.1 Å². The molecule has 0 aliphatic carbocycles. The standard InChI is InChI=1S/C25H21N3O3S/c1-28(2)19-10-6-7-16(13-19)14-20(24(29)17-8-4-3-5-9-17)23(25(30)31)18-11-12-21-22(15-18)27-32-26-21/h3-13,15H,14H2,1-2H3,(H,30,31)/b23-20+. The predicted molar refractivity (Wildman–Crippen MR) is 127 cm³/mol. The highest BCUT2D eigenvalue weighted by molar-refractivity contribution is 7.00. The molecule has 32 heavy (non-hydrogen) atoms. The van der Waals surface area contributed by atoms with Crippen LogP contribution in [0.25, 0.3) is 16.6 Å². The van der Waals surface area contributed by atoms with Crippen LogP contribution >= 0.6 is 11.7 Å². The molecular weight excluding hydrogens is 422 g/mol. The Labute approximate surface area is 189 Å². The van der Waals surface area contributed by atoms with E-state index in [0.29, 0.717) is 22.2 Å². The van der Waals surface area contributed by atoms with Gasteiger partial charge >= 0.3 is 5.97 Å². The van der Waals surface area contributed by atoms with Crippen LogP contribution in [0.3, 0.4) is 0 Å². The van der Waals surface area contributed by atoms with E-state index < -0.39 is 5.97 Å². The lowest BCUT2D eigenvalue weighted by atomic mass is 9.89. The SMILES string of the molecule is CN(C)c1cccc(C/C(C(=O)c2ccccc2)=C(\C(=O)O)c2ccc3nsnc3c2)c1. The summed E-state index contributed by atoms with van der Waals surface area (Å²) in [4.78, 5) is 28.0. The van der Waals surface area contributed by atoms with E-state index in [1.165, 1.54) is 0 Å². The van der Waals surface area contributed by atoms with E-state index in [-0.39, 0.29) is 23.4 Å². The summed E-state index contributed by atoms with van der Waals surface area (Å²) in [6, 6.07) is 21.6. The summed E-state index contributed by atoms with van der Waals surface area (Å²) in [5.74, 6) is -1.47. The number of aromatic nitrogens is 2. The maximum atomic E-state index is 13.5. The average Bonchev–Trinajstić information content (AvgIpc) is 3.27. The number of carboxylic acid groups (broad SMARTS) is 1. The van der Waals surface area contributed by atoms with E-state index in [2.05, 4.69) is 8.75 Å². The zero-order valence-electron chi connectivity index (χ0n) is 17.6. The number of aliphatic carboxylic acids is 1. The van der Waals surface area contributed by atoms with Crippen LogP contribution in [0.2, 0.25) is 0 Å². The number of hydrogen-bond acceptors (Lipinski definition) is 6. The molecule has 3 aromatic carbocycles. The molecule has 0 atom stereocenters. The third kappa shape index (κ3) is 4.43. The highest BCUT2D eigenvalue weighted by Gasteiger charge is 2.24. The van der Waals surface area contributed by atoms with Gasteiger partial charge in [0.15, 0.2) is 5.78 Å². The number of carbonyl (C=O) groups is 2. The van der Waals surface area contributed by atoms with Gasteiger partial charge in [0.2, 0.25) is 0 Å². The fraction of sp³-hybridized carbons (Fsp3) is 0.120. The summed E-state index contributed by atoms with van der Waals surface area (Å²) in [6.45, 7) is 0. The van der Waals surface area contributed by atoms with Crippen molar-refractivity contribution < 1.29 is 14.7 Å². The second-order valence-corrected chi connectivity index (χ2v) is 8.09. The summed E-state index contributed by atoms with van der Waals surface area (Å²) in [6.07, 6.45) is 0.185. The van der Waals surface area contributed by atoms with E-state index in [1.54, 1.807) is 42.5 Å². The van der Waals surface area contributed by atoms with Gasteiger partial charge in [0.25, 0.3) is 0 Å². The van der Waals surface area contributed by atoms with Crippen LogP contribution in [-0.2, 0) is 11.2 Å². The number of rotatable bonds is 7. The normalized spacial score (nSPS) is 11.8. The monoisotopic (exact) mass is 443 g/mol. The van der Waals surface area contributed by atoms with Crippen LogP contribution < -0.4 is 4.90 Å². The fourth-order valence-electron chi connectivity index (χ4n) is 3.56. The van der Waals surface area contributed by atoms with Crippen molar-refractivity contribution in [1.29, 1.82) is 0 Å². The molecule has 6 nitrogen and oxygen atoms in total. The molecule has 0 bridgehead atoms. The molecule has 0 saturated heterocycles. The van der Waals surface area contributed by atoms with Crippen LogP contribution in [0.4, 0.5) is 5.69 Å².